The fourth-order valence-corrected chi connectivity index (χ4v) is 1.22. The van der Waals surface area contributed by atoms with Crippen molar-refractivity contribution in [1.82, 2.24) is 0 Å². The Kier molecular flexibility index (Phi) is 1.89. The highest BCUT2D eigenvalue weighted by atomic mass is 19.1. The second kappa shape index (κ2) is 3.06. The number of fused-ring (bicyclic) bond motifs is 1. The summed E-state index contributed by atoms with van der Waals surface area (Å²) in [6, 6.07) is 3.99. The number of rotatable bonds is 1. The van der Waals surface area contributed by atoms with Gasteiger partial charge in [-0.15, -0.1) is 0 Å². The molecule has 3 nitrogen and oxygen atoms in total. The molecule has 0 bridgehead atoms. The van der Waals surface area contributed by atoms with Crippen molar-refractivity contribution in [1.29, 1.82) is 0 Å². The van der Waals surface area contributed by atoms with E-state index >= 15 is 0 Å². The molecule has 0 fully saturated rings. The minimum absolute atomic E-state index is 0.0783. The van der Waals surface area contributed by atoms with Crippen molar-refractivity contribution in [2.24, 2.45) is 0 Å². The number of aldehydes is 1. The van der Waals surface area contributed by atoms with Crippen molar-refractivity contribution in [3.05, 3.63) is 46.1 Å². The van der Waals surface area contributed by atoms with Crippen LogP contribution >= 0.6 is 0 Å². The van der Waals surface area contributed by atoms with Gasteiger partial charge in [0.2, 0.25) is 5.43 Å². The molecule has 2 aromatic rings. The summed E-state index contributed by atoms with van der Waals surface area (Å²) in [6.07, 6.45) is 1.34. The number of hydrogen-bond donors (Lipinski definition) is 0. The zero-order valence-corrected chi connectivity index (χ0v) is 6.99. The lowest BCUT2D eigenvalue weighted by atomic mass is 10.2. The van der Waals surface area contributed by atoms with Crippen LogP contribution in [0.4, 0.5) is 4.39 Å². The molecule has 1 aromatic heterocycles. The number of carbonyl (C=O) groups excluding carboxylic acids is 1. The zero-order valence-electron chi connectivity index (χ0n) is 6.99. The van der Waals surface area contributed by atoms with Crippen LogP contribution in [0.2, 0.25) is 0 Å². The average molecular weight is 192 g/mol. The van der Waals surface area contributed by atoms with Crippen LogP contribution in [0.1, 0.15) is 10.4 Å². The minimum atomic E-state index is -0.614. The topological polar surface area (TPSA) is 47.3 Å². The molecule has 0 saturated heterocycles. The Morgan fingerprint density at radius 3 is 2.86 bits per heavy atom. The standard InChI is InChI=1S/C10H5FO3/c11-8-3-1-2-7-9(13)6(4-12)5-14-10(7)8/h1-5H. The van der Waals surface area contributed by atoms with E-state index in [0.717, 1.165) is 6.26 Å². The van der Waals surface area contributed by atoms with Crippen LogP contribution in [-0.4, -0.2) is 6.29 Å². The third-order valence-electron chi connectivity index (χ3n) is 1.90. The van der Waals surface area contributed by atoms with Gasteiger partial charge >= 0.3 is 0 Å². The number of benzene rings is 1. The fraction of sp³-hybridized carbons (Fsp3) is 0. The molecule has 14 heavy (non-hydrogen) atoms. The maximum atomic E-state index is 13.1. The van der Waals surface area contributed by atoms with Crippen molar-refractivity contribution in [3.8, 4) is 0 Å². The summed E-state index contributed by atoms with van der Waals surface area (Å²) in [5, 5.41) is 0.0783. The maximum absolute atomic E-state index is 13.1. The molecule has 70 valence electrons. The molecule has 0 spiro atoms. The van der Waals surface area contributed by atoms with E-state index in [4.69, 9.17) is 4.42 Å². The monoisotopic (exact) mass is 192 g/mol. The molecule has 0 unspecified atom stereocenters. The normalized spacial score (nSPS) is 10.4. The van der Waals surface area contributed by atoms with Gasteiger partial charge in [-0.1, -0.05) is 6.07 Å². The second-order valence-corrected chi connectivity index (χ2v) is 2.75. The lowest BCUT2D eigenvalue weighted by Gasteiger charge is -1.97. The Morgan fingerprint density at radius 1 is 1.36 bits per heavy atom. The number of halogens is 1. The molecule has 0 atom stereocenters. The van der Waals surface area contributed by atoms with E-state index < -0.39 is 11.2 Å². The fourth-order valence-electron chi connectivity index (χ4n) is 1.22. The van der Waals surface area contributed by atoms with Crippen molar-refractivity contribution in [2.75, 3.05) is 0 Å². The predicted octanol–water partition coefficient (Wildman–Crippen LogP) is 1.74. The largest absolute Gasteiger partial charge is 0.460 e. The molecule has 0 aliphatic heterocycles. The maximum Gasteiger partial charge on any atom is 0.203 e. The van der Waals surface area contributed by atoms with Gasteiger partial charge < -0.3 is 4.42 Å². The molecule has 0 saturated carbocycles. The highest BCUT2D eigenvalue weighted by molar-refractivity contribution is 5.84. The van der Waals surface area contributed by atoms with Gasteiger partial charge in [0.05, 0.1) is 10.9 Å². The third-order valence-corrected chi connectivity index (χ3v) is 1.90. The quantitative estimate of drug-likeness (QED) is 0.646. The molecule has 1 aromatic carbocycles. The third kappa shape index (κ3) is 1.12. The summed E-state index contributed by atoms with van der Waals surface area (Å²) in [5.74, 6) is -0.614. The SMILES string of the molecule is O=Cc1coc2c(F)cccc2c1=O. The Labute approximate surface area is 77.8 Å². The Morgan fingerprint density at radius 2 is 2.14 bits per heavy atom. The van der Waals surface area contributed by atoms with Crippen LogP contribution in [0, 0.1) is 5.82 Å². The van der Waals surface area contributed by atoms with E-state index in [1.165, 1.54) is 18.2 Å². The molecular formula is C10H5FO3. The summed E-state index contributed by atoms with van der Waals surface area (Å²) in [4.78, 5) is 21.9. The molecule has 0 amide bonds. The van der Waals surface area contributed by atoms with Gasteiger partial charge in [0, 0.05) is 0 Å². The van der Waals surface area contributed by atoms with E-state index in [1.807, 2.05) is 0 Å². The summed E-state index contributed by atoms with van der Waals surface area (Å²) in [7, 11) is 0. The molecule has 1 heterocycles. The molecule has 0 aliphatic carbocycles. The Bertz CT molecular complexity index is 557. The van der Waals surface area contributed by atoms with Gasteiger partial charge in [-0.2, -0.15) is 0 Å². The molecule has 0 aliphatic rings. The van der Waals surface area contributed by atoms with Gasteiger partial charge in [-0.25, -0.2) is 4.39 Å². The lowest BCUT2D eigenvalue weighted by molar-refractivity contribution is 0.112. The first-order valence-electron chi connectivity index (χ1n) is 3.89. The number of para-hydroxylation sites is 1. The summed E-state index contributed by atoms with van der Waals surface area (Å²) in [5.41, 5.74) is -0.744. The molecule has 0 radical (unpaired) electrons. The molecule has 0 N–H and O–H groups in total. The summed E-state index contributed by atoms with van der Waals surface area (Å²) >= 11 is 0. The highest BCUT2D eigenvalue weighted by Gasteiger charge is 2.08. The first-order valence-corrected chi connectivity index (χ1v) is 3.89. The molecular weight excluding hydrogens is 187 g/mol. The van der Waals surface area contributed by atoms with Crippen LogP contribution in [0.3, 0.4) is 0 Å². The van der Waals surface area contributed by atoms with Gasteiger partial charge in [-0.05, 0) is 12.1 Å². The highest BCUT2D eigenvalue weighted by Crippen LogP contribution is 2.14. The minimum Gasteiger partial charge on any atom is -0.460 e. The zero-order chi connectivity index (χ0) is 10.1. The van der Waals surface area contributed by atoms with E-state index in [9.17, 15) is 14.0 Å². The Balaban J connectivity index is 2.98. The summed E-state index contributed by atoms with van der Waals surface area (Å²) in [6.45, 7) is 0. The van der Waals surface area contributed by atoms with Crippen LogP contribution < -0.4 is 5.43 Å². The van der Waals surface area contributed by atoms with Gasteiger partial charge in [-0.3, -0.25) is 9.59 Å². The lowest BCUT2D eigenvalue weighted by Crippen LogP contribution is -2.07. The smallest absolute Gasteiger partial charge is 0.203 e. The first-order chi connectivity index (χ1) is 6.74. The van der Waals surface area contributed by atoms with Crippen LogP contribution in [0.25, 0.3) is 11.0 Å². The molecule has 4 heteroatoms. The van der Waals surface area contributed by atoms with E-state index in [-0.39, 0.29) is 16.5 Å². The van der Waals surface area contributed by atoms with Crippen molar-refractivity contribution in [2.45, 2.75) is 0 Å². The van der Waals surface area contributed by atoms with Crippen LogP contribution in [0.15, 0.2) is 33.7 Å². The van der Waals surface area contributed by atoms with Crippen molar-refractivity contribution < 1.29 is 13.6 Å². The summed E-state index contributed by atoms with van der Waals surface area (Å²) < 4.78 is 17.9. The van der Waals surface area contributed by atoms with E-state index in [2.05, 4.69) is 0 Å². The second-order valence-electron chi connectivity index (χ2n) is 2.75. The van der Waals surface area contributed by atoms with E-state index in [1.54, 1.807) is 0 Å². The van der Waals surface area contributed by atoms with Crippen molar-refractivity contribution in [3.63, 3.8) is 0 Å². The van der Waals surface area contributed by atoms with Gasteiger partial charge in [0.15, 0.2) is 17.7 Å². The van der Waals surface area contributed by atoms with E-state index in [0.29, 0.717) is 6.29 Å². The number of hydrogen-bond acceptors (Lipinski definition) is 3. The van der Waals surface area contributed by atoms with Crippen LogP contribution in [0.5, 0.6) is 0 Å². The first kappa shape index (κ1) is 8.62. The number of carbonyl (C=O) groups is 1. The Hall–Kier alpha value is -1.97. The van der Waals surface area contributed by atoms with Gasteiger partial charge in [0.1, 0.15) is 6.26 Å². The van der Waals surface area contributed by atoms with Gasteiger partial charge in [0.25, 0.3) is 0 Å². The predicted molar refractivity (Wildman–Crippen MR) is 47.8 cm³/mol. The van der Waals surface area contributed by atoms with Crippen LogP contribution in [-0.2, 0) is 0 Å². The average Bonchev–Trinajstić information content (AvgIpc) is 2.20. The van der Waals surface area contributed by atoms with Crippen molar-refractivity contribution >= 4 is 17.3 Å². The molecule has 2 rings (SSSR count).